The molecule has 1 amide bonds. The first-order valence-corrected chi connectivity index (χ1v) is 11.1. The molecule has 5 heteroatoms. The highest BCUT2D eigenvalue weighted by molar-refractivity contribution is 5.93. The first-order valence-electron chi connectivity index (χ1n) is 11.1. The van der Waals surface area contributed by atoms with Crippen molar-refractivity contribution in [3.63, 3.8) is 0 Å². The Kier molecular flexibility index (Phi) is 7.07. The van der Waals surface area contributed by atoms with Gasteiger partial charge in [-0.2, -0.15) is 0 Å². The number of methoxy groups -OCH3 is 2. The van der Waals surface area contributed by atoms with E-state index >= 15 is 0 Å². The minimum atomic E-state index is 0.00453. The van der Waals surface area contributed by atoms with Crippen molar-refractivity contribution in [1.29, 1.82) is 0 Å². The molecule has 1 saturated heterocycles. The van der Waals surface area contributed by atoms with Crippen molar-refractivity contribution in [2.75, 3.05) is 32.6 Å². The van der Waals surface area contributed by atoms with Gasteiger partial charge in [0, 0.05) is 23.4 Å². The van der Waals surface area contributed by atoms with Gasteiger partial charge in [-0.1, -0.05) is 54.6 Å². The smallest absolute Gasteiger partial charge is 0.238 e. The Morgan fingerprint density at radius 2 is 1.78 bits per heavy atom. The number of anilines is 1. The van der Waals surface area contributed by atoms with E-state index in [0.29, 0.717) is 6.54 Å². The Morgan fingerprint density at radius 1 is 1.00 bits per heavy atom. The van der Waals surface area contributed by atoms with Crippen molar-refractivity contribution in [2.24, 2.45) is 0 Å². The van der Waals surface area contributed by atoms with E-state index in [2.05, 4.69) is 28.4 Å². The van der Waals surface area contributed by atoms with Crippen molar-refractivity contribution in [3.8, 4) is 11.5 Å². The fraction of sp³-hybridized carbons (Fsp3) is 0.296. The van der Waals surface area contributed by atoms with Crippen LogP contribution in [0.15, 0.2) is 72.8 Å². The first-order chi connectivity index (χ1) is 15.7. The molecule has 1 aliphatic rings. The summed E-state index contributed by atoms with van der Waals surface area (Å²) in [5.41, 5.74) is 4.31. The average Bonchev–Trinajstić information content (AvgIpc) is 3.28. The summed E-state index contributed by atoms with van der Waals surface area (Å²) in [5.74, 6) is 1.57. The summed E-state index contributed by atoms with van der Waals surface area (Å²) in [6, 6.07) is 24.4. The van der Waals surface area contributed by atoms with Gasteiger partial charge in [-0.25, -0.2) is 0 Å². The maximum absolute atomic E-state index is 13.0. The van der Waals surface area contributed by atoms with Crippen LogP contribution in [-0.2, 0) is 11.2 Å². The van der Waals surface area contributed by atoms with Crippen LogP contribution in [-0.4, -0.2) is 38.1 Å². The average molecular weight is 431 g/mol. The molecule has 3 aromatic rings. The molecule has 0 saturated carbocycles. The summed E-state index contributed by atoms with van der Waals surface area (Å²) >= 11 is 0. The molecule has 4 rings (SSSR count). The molecule has 0 radical (unpaired) electrons. The van der Waals surface area contributed by atoms with E-state index < -0.39 is 0 Å². The molecule has 0 unspecified atom stereocenters. The summed E-state index contributed by atoms with van der Waals surface area (Å²) in [6.45, 7) is 1.23. The van der Waals surface area contributed by atoms with Gasteiger partial charge < -0.3 is 14.8 Å². The summed E-state index contributed by atoms with van der Waals surface area (Å²) in [6.07, 6.45) is 2.84. The van der Waals surface area contributed by atoms with Crippen LogP contribution in [0.5, 0.6) is 11.5 Å². The summed E-state index contributed by atoms with van der Waals surface area (Å²) in [4.78, 5) is 15.2. The van der Waals surface area contributed by atoms with E-state index in [1.807, 2.05) is 54.6 Å². The van der Waals surface area contributed by atoms with Gasteiger partial charge in [0.05, 0.1) is 20.8 Å². The standard InChI is InChI=1S/C27H30N2O3/c1-31-22-14-15-23(26(18-22)32-2)25-13-8-16-29(25)19-27(30)28-24-12-7-6-11-21(24)17-20-9-4-3-5-10-20/h3-7,9-12,14-15,18,25H,8,13,16-17,19H2,1-2H3,(H,28,30)/t25-/m0/s1. The van der Waals surface area contributed by atoms with Gasteiger partial charge in [0.2, 0.25) is 5.91 Å². The zero-order valence-corrected chi connectivity index (χ0v) is 18.7. The SMILES string of the molecule is COc1ccc([C@@H]2CCCN2CC(=O)Nc2ccccc2Cc2ccccc2)c(OC)c1. The molecule has 1 atom stereocenters. The first kappa shape index (κ1) is 21.9. The molecule has 1 N–H and O–H groups in total. The Labute approximate surface area is 190 Å². The topological polar surface area (TPSA) is 50.8 Å². The summed E-state index contributed by atoms with van der Waals surface area (Å²) in [5, 5.41) is 3.14. The Morgan fingerprint density at radius 3 is 2.56 bits per heavy atom. The quantitative estimate of drug-likeness (QED) is 0.542. The lowest BCUT2D eigenvalue weighted by atomic mass is 10.0. The van der Waals surface area contributed by atoms with E-state index in [1.54, 1.807) is 14.2 Å². The van der Waals surface area contributed by atoms with Gasteiger partial charge >= 0.3 is 0 Å². The molecule has 0 aliphatic carbocycles. The third-order valence-electron chi connectivity index (χ3n) is 6.04. The number of amides is 1. The Balaban J connectivity index is 1.46. The Bertz CT molecular complexity index is 1050. The second kappa shape index (κ2) is 10.3. The predicted molar refractivity (Wildman–Crippen MR) is 127 cm³/mol. The van der Waals surface area contributed by atoms with E-state index in [9.17, 15) is 4.79 Å². The second-order valence-electron chi connectivity index (χ2n) is 8.10. The van der Waals surface area contributed by atoms with Crippen molar-refractivity contribution in [3.05, 3.63) is 89.5 Å². The summed E-state index contributed by atoms with van der Waals surface area (Å²) < 4.78 is 10.9. The number of hydrogen-bond acceptors (Lipinski definition) is 4. The normalized spacial score (nSPS) is 16.0. The second-order valence-corrected chi connectivity index (χ2v) is 8.10. The zero-order chi connectivity index (χ0) is 22.3. The molecule has 0 bridgehead atoms. The van der Waals surface area contributed by atoms with E-state index in [-0.39, 0.29) is 11.9 Å². The highest BCUT2D eigenvalue weighted by Crippen LogP contribution is 2.38. The number of hydrogen-bond donors (Lipinski definition) is 1. The molecule has 0 aromatic heterocycles. The van der Waals surface area contributed by atoms with Crippen LogP contribution in [0.2, 0.25) is 0 Å². The monoisotopic (exact) mass is 430 g/mol. The summed E-state index contributed by atoms with van der Waals surface area (Å²) in [7, 11) is 3.32. The number of nitrogens with one attached hydrogen (secondary N) is 1. The number of benzene rings is 3. The van der Waals surface area contributed by atoms with Crippen molar-refractivity contribution >= 4 is 11.6 Å². The molecule has 3 aromatic carbocycles. The maximum atomic E-state index is 13.0. The van der Waals surface area contributed by atoms with Gasteiger partial charge in [0.15, 0.2) is 0 Å². The number of rotatable bonds is 8. The van der Waals surface area contributed by atoms with Crippen LogP contribution >= 0.6 is 0 Å². The van der Waals surface area contributed by atoms with Gasteiger partial charge in [0.25, 0.3) is 0 Å². The number of nitrogens with zero attached hydrogens (tertiary/aromatic N) is 1. The van der Waals surface area contributed by atoms with Crippen molar-refractivity contribution in [1.82, 2.24) is 4.90 Å². The van der Waals surface area contributed by atoms with Crippen LogP contribution < -0.4 is 14.8 Å². The highest BCUT2D eigenvalue weighted by Gasteiger charge is 2.30. The lowest BCUT2D eigenvalue weighted by Crippen LogP contribution is -2.33. The van der Waals surface area contributed by atoms with Gasteiger partial charge in [-0.05, 0) is 49.1 Å². The molecule has 1 heterocycles. The van der Waals surface area contributed by atoms with Gasteiger partial charge in [0.1, 0.15) is 11.5 Å². The third-order valence-corrected chi connectivity index (χ3v) is 6.04. The third kappa shape index (κ3) is 5.11. The molecule has 1 aliphatic heterocycles. The van der Waals surface area contributed by atoms with Gasteiger partial charge in [-0.15, -0.1) is 0 Å². The number of ether oxygens (including phenoxy) is 2. The molecule has 1 fully saturated rings. The lowest BCUT2D eigenvalue weighted by molar-refractivity contribution is -0.117. The predicted octanol–water partition coefficient (Wildman–Crippen LogP) is 5.07. The largest absolute Gasteiger partial charge is 0.497 e. The van der Waals surface area contributed by atoms with E-state index in [4.69, 9.17) is 9.47 Å². The fourth-order valence-corrected chi connectivity index (χ4v) is 4.45. The molecule has 0 spiro atoms. The molecular formula is C27H30N2O3. The highest BCUT2D eigenvalue weighted by atomic mass is 16.5. The van der Waals surface area contributed by atoms with E-state index in [0.717, 1.165) is 54.1 Å². The van der Waals surface area contributed by atoms with Gasteiger partial charge in [-0.3, -0.25) is 9.69 Å². The minimum Gasteiger partial charge on any atom is -0.497 e. The van der Waals surface area contributed by atoms with Crippen molar-refractivity contribution in [2.45, 2.75) is 25.3 Å². The zero-order valence-electron chi connectivity index (χ0n) is 18.7. The number of likely N-dealkylation sites (tertiary alicyclic amines) is 1. The fourth-order valence-electron chi connectivity index (χ4n) is 4.45. The number of carbonyl (C=O) groups is 1. The van der Waals surface area contributed by atoms with Crippen molar-refractivity contribution < 1.29 is 14.3 Å². The minimum absolute atomic E-state index is 0.00453. The molecular weight excluding hydrogens is 400 g/mol. The Hall–Kier alpha value is -3.31. The van der Waals surface area contributed by atoms with Crippen LogP contribution in [0.1, 0.15) is 35.6 Å². The van der Waals surface area contributed by atoms with E-state index in [1.165, 1.54) is 5.56 Å². The molecule has 5 nitrogen and oxygen atoms in total. The number of carbonyl (C=O) groups excluding carboxylic acids is 1. The number of para-hydroxylation sites is 1. The van der Waals surface area contributed by atoms with Crippen LogP contribution in [0, 0.1) is 0 Å². The molecule has 166 valence electrons. The lowest BCUT2D eigenvalue weighted by Gasteiger charge is -2.26. The maximum Gasteiger partial charge on any atom is 0.238 e. The van der Waals surface area contributed by atoms with Crippen LogP contribution in [0.3, 0.4) is 0 Å². The van der Waals surface area contributed by atoms with Crippen LogP contribution in [0.25, 0.3) is 0 Å². The van der Waals surface area contributed by atoms with Crippen LogP contribution in [0.4, 0.5) is 5.69 Å². The molecule has 32 heavy (non-hydrogen) atoms.